The van der Waals surface area contributed by atoms with Crippen molar-refractivity contribution in [3.8, 4) is 11.5 Å². The van der Waals surface area contributed by atoms with Gasteiger partial charge in [0.15, 0.2) is 18.0 Å². The van der Waals surface area contributed by atoms with Crippen LogP contribution in [0.5, 0.6) is 11.5 Å². The van der Waals surface area contributed by atoms with Crippen molar-refractivity contribution in [1.82, 2.24) is 5.32 Å². The molecule has 7 heteroatoms. The van der Waals surface area contributed by atoms with Gasteiger partial charge in [-0.05, 0) is 24.1 Å². The molecule has 1 aromatic rings. The maximum atomic E-state index is 12.3. The number of hydrogen-bond donors (Lipinski definition) is 2. The van der Waals surface area contributed by atoms with Crippen molar-refractivity contribution in [3.05, 3.63) is 23.8 Å². The molecule has 25 heavy (non-hydrogen) atoms. The van der Waals surface area contributed by atoms with Gasteiger partial charge in [-0.15, -0.1) is 0 Å². The lowest BCUT2D eigenvalue weighted by Gasteiger charge is -2.31. The van der Waals surface area contributed by atoms with Crippen molar-refractivity contribution >= 4 is 5.91 Å². The second-order valence-electron chi connectivity index (χ2n) is 6.92. The highest BCUT2D eigenvalue weighted by Crippen LogP contribution is 2.29. The van der Waals surface area contributed by atoms with Crippen LogP contribution in [0.2, 0.25) is 0 Å². The molecule has 1 heterocycles. The molecule has 1 unspecified atom stereocenters. The Bertz CT molecular complexity index is 573. The minimum absolute atomic E-state index is 0.0110. The highest BCUT2D eigenvalue weighted by molar-refractivity contribution is 5.76. The Hall–Kier alpha value is -1.89. The van der Waals surface area contributed by atoms with Crippen molar-refractivity contribution in [2.45, 2.75) is 33.4 Å². The van der Waals surface area contributed by atoms with E-state index in [1.54, 1.807) is 12.1 Å². The van der Waals surface area contributed by atoms with Crippen LogP contribution >= 0.6 is 0 Å². The smallest absolute Gasteiger partial charge is 0.387 e. The third-order valence-corrected chi connectivity index (χ3v) is 4.42. The Morgan fingerprint density at radius 1 is 1.28 bits per heavy atom. The van der Waals surface area contributed by atoms with E-state index in [0.29, 0.717) is 24.9 Å². The number of hydrogen-bond acceptors (Lipinski definition) is 3. The van der Waals surface area contributed by atoms with E-state index in [0.717, 1.165) is 18.7 Å². The molecule has 0 spiro atoms. The summed E-state index contributed by atoms with van der Waals surface area (Å²) in [6.45, 7) is 4.36. The first-order chi connectivity index (χ1) is 11.9. The number of methoxy groups -OCH3 is 1. The Labute approximate surface area is 147 Å². The summed E-state index contributed by atoms with van der Waals surface area (Å²) < 4.78 is 34.1. The van der Waals surface area contributed by atoms with Crippen molar-refractivity contribution < 1.29 is 27.9 Å². The molecule has 1 saturated heterocycles. The second kappa shape index (κ2) is 8.99. The summed E-state index contributed by atoms with van der Waals surface area (Å²) in [7, 11) is 1.39. The van der Waals surface area contributed by atoms with Crippen molar-refractivity contribution in [3.63, 3.8) is 0 Å². The summed E-state index contributed by atoms with van der Waals surface area (Å²) in [6.07, 6.45) is 1.22. The summed E-state index contributed by atoms with van der Waals surface area (Å²) in [5.41, 5.74) is 0.766. The fourth-order valence-electron chi connectivity index (χ4n) is 3.57. The monoisotopic (exact) mass is 357 g/mol. The van der Waals surface area contributed by atoms with E-state index in [-0.39, 0.29) is 17.4 Å². The minimum atomic E-state index is -2.91. The van der Waals surface area contributed by atoms with Gasteiger partial charge in [-0.3, -0.25) is 4.79 Å². The number of nitrogens with one attached hydrogen (secondary N) is 2. The van der Waals surface area contributed by atoms with Crippen LogP contribution in [0.15, 0.2) is 18.2 Å². The number of benzene rings is 1. The predicted molar refractivity (Wildman–Crippen MR) is 90.0 cm³/mol. The van der Waals surface area contributed by atoms with E-state index >= 15 is 0 Å². The molecule has 0 aromatic heterocycles. The van der Waals surface area contributed by atoms with Crippen LogP contribution in [0.1, 0.15) is 25.8 Å². The third-order valence-electron chi connectivity index (χ3n) is 4.42. The lowest BCUT2D eigenvalue weighted by atomic mass is 9.92. The molecule has 0 bridgehead atoms. The van der Waals surface area contributed by atoms with Gasteiger partial charge in [0, 0.05) is 18.4 Å². The first-order valence-electron chi connectivity index (χ1n) is 8.59. The van der Waals surface area contributed by atoms with Crippen molar-refractivity contribution in [1.29, 1.82) is 0 Å². The van der Waals surface area contributed by atoms with Gasteiger partial charge in [-0.1, -0.05) is 19.9 Å². The maximum Gasteiger partial charge on any atom is 0.387 e. The van der Waals surface area contributed by atoms with Crippen LogP contribution < -0.4 is 19.7 Å². The van der Waals surface area contributed by atoms with Gasteiger partial charge in [0.05, 0.1) is 20.2 Å². The van der Waals surface area contributed by atoms with E-state index in [2.05, 4.69) is 23.9 Å². The standard InChI is InChI=1S/C18H26F2N2O3/c1-12-6-13(2)10-22(9-12)11-17(23)21-8-14-4-5-15(25-18(19)20)16(7-14)24-3/h4-5,7,12-13,18H,6,8-11H2,1-3H3,(H,21,23)/p+1/t12-,13+. The fourth-order valence-corrected chi connectivity index (χ4v) is 3.57. The van der Waals surface area contributed by atoms with Crippen LogP contribution in [0.25, 0.3) is 0 Å². The quantitative estimate of drug-likeness (QED) is 0.777. The number of alkyl halides is 2. The zero-order valence-electron chi connectivity index (χ0n) is 15.0. The van der Waals surface area contributed by atoms with E-state index in [1.165, 1.54) is 24.5 Å². The van der Waals surface area contributed by atoms with Crippen LogP contribution in [0.3, 0.4) is 0 Å². The number of carbonyl (C=O) groups excluding carboxylic acids is 1. The Morgan fingerprint density at radius 2 is 1.96 bits per heavy atom. The molecule has 1 aliphatic heterocycles. The molecular formula is C18H27F2N2O3+. The van der Waals surface area contributed by atoms with Crippen LogP contribution in [-0.4, -0.2) is 39.3 Å². The van der Waals surface area contributed by atoms with Gasteiger partial charge in [-0.2, -0.15) is 8.78 Å². The van der Waals surface area contributed by atoms with E-state index in [9.17, 15) is 13.6 Å². The van der Waals surface area contributed by atoms with Gasteiger partial charge in [0.1, 0.15) is 0 Å². The molecule has 1 aliphatic rings. The summed E-state index contributed by atoms with van der Waals surface area (Å²) in [5, 5.41) is 2.88. The Balaban J connectivity index is 1.86. The maximum absolute atomic E-state index is 12.3. The van der Waals surface area contributed by atoms with E-state index < -0.39 is 6.61 Å². The van der Waals surface area contributed by atoms with E-state index in [4.69, 9.17) is 4.74 Å². The molecule has 0 radical (unpaired) electrons. The molecule has 1 amide bonds. The number of halogens is 2. The molecule has 140 valence electrons. The lowest BCUT2D eigenvalue weighted by molar-refractivity contribution is -0.904. The Morgan fingerprint density at radius 3 is 2.56 bits per heavy atom. The normalized spacial score (nSPS) is 23.4. The number of ether oxygens (including phenoxy) is 2. The zero-order chi connectivity index (χ0) is 18.4. The molecular weight excluding hydrogens is 330 g/mol. The summed E-state index contributed by atoms with van der Waals surface area (Å²) in [5.74, 6) is 1.46. The summed E-state index contributed by atoms with van der Waals surface area (Å²) >= 11 is 0. The predicted octanol–water partition coefficient (Wildman–Crippen LogP) is 1.47. The number of piperidine rings is 1. The topological polar surface area (TPSA) is 52.0 Å². The first kappa shape index (κ1) is 19.4. The van der Waals surface area contributed by atoms with Crippen LogP contribution in [0.4, 0.5) is 8.78 Å². The molecule has 1 fully saturated rings. The Kier molecular flexibility index (Phi) is 6.99. The number of rotatable bonds is 7. The summed E-state index contributed by atoms with van der Waals surface area (Å²) in [6, 6.07) is 4.65. The van der Waals surface area contributed by atoms with Gasteiger partial charge in [-0.25, -0.2) is 0 Å². The van der Waals surface area contributed by atoms with Gasteiger partial charge in [0.2, 0.25) is 0 Å². The van der Waals surface area contributed by atoms with Crippen LogP contribution in [0, 0.1) is 11.8 Å². The number of likely N-dealkylation sites (tertiary alicyclic amines) is 1. The first-order valence-corrected chi connectivity index (χ1v) is 8.59. The molecule has 0 aliphatic carbocycles. The highest BCUT2D eigenvalue weighted by atomic mass is 19.3. The lowest BCUT2D eigenvalue weighted by Crippen LogP contribution is -3.15. The largest absolute Gasteiger partial charge is 0.493 e. The average molecular weight is 357 g/mol. The average Bonchev–Trinajstić information content (AvgIpc) is 2.52. The molecule has 2 rings (SSSR count). The fraction of sp³-hybridized carbons (Fsp3) is 0.611. The molecule has 2 N–H and O–H groups in total. The van der Waals surface area contributed by atoms with Gasteiger partial charge >= 0.3 is 6.61 Å². The SMILES string of the molecule is COc1cc(CNC(=O)C[NH+]2C[C@H](C)C[C@H](C)C2)ccc1OC(F)F. The zero-order valence-corrected chi connectivity index (χ0v) is 15.0. The van der Waals surface area contributed by atoms with Crippen molar-refractivity contribution in [2.75, 3.05) is 26.7 Å². The van der Waals surface area contributed by atoms with Gasteiger partial charge < -0.3 is 19.7 Å². The third kappa shape index (κ3) is 6.16. The van der Waals surface area contributed by atoms with E-state index in [1.807, 2.05) is 0 Å². The minimum Gasteiger partial charge on any atom is -0.493 e. The second-order valence-corrected chi connectivity index (χ2v) is 6.92. The van der Waals surface area contributed by atoms with Crippen LogP contribution in [-0.2, 0) is 11.3 Å². The molecule has 5 nitrogen and oxygen atoms in total. The molecule has 3 atom stereocenters. The highest BCUT2D eigenvalue weighted by Gasteiger charge is 2.26. The molecule has 1 aromatic carbocycles. The molecule has 0 saturated carbocycles. The summed E-state index contributed by atoms with van der Waals surface area (Å²) in [4.78, 5) is 13.5. The number of carbonyl (C=O) groups is 1. The number of amides is 1. The van der Waals surface area contributed by atoms with Gasteiger partial charge in [0.25, 0.3) is 5.91 Å². The number of quaternary nitrogens is 1. The van der Waals surface area contributed by atoms with Crippen molar-refractivity contribution in [2.24, 2.45) is 11.8 Å².